The third-order valence-electron chi connectivity index (χ3n) is 4.53. The van der Waals surface area contributed by atoms with E-state index in [-0.39, 0.29) is 5.91 Å². The van der Waals surface area contributed by atoms with Crippen molar-refractivity contribution >= 4 is 11.6 Å². The fourth-order valence-electron chi connectivity index (χ4n) is 2.99. The lowest BCUT2D eigenvalue weighted by Crippen LogP contribution is -2.39. The van der Waals surface area contributed by atoms with Crippen LogP contribution in [0, 0.1) is 0 Å². The van der Waals surface area contributed by atoms with E-state index in [9.17, 15) is 4.79 Å². The van der Waals surface area contributed by atoms with E-state index in [0.29, 0.717) is 12.6 Å². The summed E-state index contributed by atoms with van der Waals surface area (Å²) in [5, 5.41) is 3.04. The normalized spacial score (nSPS) is 18.3. The lowest BCUT2D eigenvalue weighted by Gasteiger charge is -2.20. The molecular weight excluding hydrogens is 288 g/mol. The van der Waals surface area contributed by atoms with Crippen LogP contribution in [0.3, 0.4) is 0 Å². The summed E-state index contributed by atoms with van der Waals surface area (Å²) in [6.45, 7) is 4.22. The van der Waals surface area contributed by atoms with Crippen molar-refractivity contribution in [2.45, 2.75) is 18.9 Å². The van der Waals surface area contributed by atoms with Crippen molar-refractivity contribution in [2.75, 3.05) is 58.8 Å². The van der Waals surface area contributed by atoms with E-state index in [0.717, 1.165) is 39.0 Å². The van der Waals surface area contributed by atoms with Crippen LogP contribution >= 0.6 is 0 Å². The van der Waals surface area contributed by atoms with Gasteiger partial charge in [0, 0.05) is 45.0 Å². The van der Waals surface area contributed by atoms with Gasteiger partial charge in [-0.1, -0.05) is 18.2 Å². The van der Waals surface area contributed by atoms with E-state index >= 15 is 0 Å². The summed E-state index contributed by atoms with van der Waals surface area (Å²) in [4.78, 5) is 18.7. The summed E-state index contributed by atoms with van der Waals surface area (Å²) in [5.41, 5.74) is 1.21. The molecule has 2 rings (SSSR count). The van der Waals surface area contributed by atoms with Gasteiger partial charge in [0.2, 0.25) is 5.91 Å². The Bertz CT molecular complexity index is 477. The van der Waals surface area contributed by atoms with Gasteiger partial charge in [-0.3, -0.25) is 9.69 Å². The highest BCUT2D eigenvalue weighted by Gasteiger charge is 2.24. The number of nitrogens with zero attached hydrogens (tertiary/aromatic N) is 3. The number of rotatable bonds is 8. The smallest absolute Gasteiger partial charge is 0.234 e. The molecule has 1 aromatic rings. The monoisotopic (exact) mass is 318 g/mol. The number of hydrogen-bond acceptors (Lipinski definition) is 4. The number of amides is 1. The molecule has 0 bridgehead atoms. The molecule has 0 saturated carbocycles. The van der Waals surface area contributed by atoms with Crippen LogP contribution in [0.5, 0.6) is 0 Å². The molecule has 0 spiro atoms. The maximum Gasteiger partial charge on any atom is 0.234 e. The van der Waals surface area contributed by atoms with Gasteiger partial charge in [-0.25, -0.2) is 0 Å². The zero-order valence-corrected chi connectivity index (χ0v) is 14.7. The molecule has 1 atom stereocenters. The van der Waals surface area contributed by atoms with Crippen molar-refractivity contribution in [3.05, 3.63) is 30.3 Å². The number of para-hydroxylation sites is 1. The van der Waals surface area contributed by atoms with Gasteiger partial charge in [-0.05, 0) is 39.1 Å². The summed E-state index contributed by atoms with van der Waals surface area (Å²) in [7, 11) is 6.30. The van der Waals surface area contributed by atoms with Gasteiger partial charge < -0.3 is 15.1 Å². The third-order valence-corrected chi connectivity index (χ3v) is 4.53. The molecule has 0 radical (unpaired) electrons. The molecule has 1 N–H and O–H groups in total. The Morgan fingerprint density at radius 3 is 2.65 bits per heavy atom. The van der Waals surface area contributed by atoms with Crippen molar-refractivity contribution in [3.63, 3.8) is 0 Å². The number of likely N-dealkylation sites (tertiary alicyclic amines) is 1. The molecular formula is C18H30N4O. The first-order valence-corrected chi connectivity index (χ1v) is 8.48. The number of carbonyl (C=O) groups is 1. The summed E-state index contributed by atoms with van der Waals surface area (Å²) >= 11 is 0. The Kier molecular flexibility index (Phi) is 6.86. The number of likely N-dealkylation sites (N-methyl/N-ethyl adjacent to an activating group) is 1. The Morgan fingerprint density at radius 1 is 1.26 bits per heavy atom. The number of anilines is 1. The van der Waals surface area contributed by atoms with Gasteiger partial charge in [0.25, 0.3) is 0 Å². The fourth-order valence-corrected chi connectivity index (χ4v) is 2.99. The van der Waals surface area contributed by atoms with Crippen molar-refractivity contribution in [1.29, 1.82) is 0 Å². The molecule has 5 heteroatoms. The van der Waals surface area contributed by atoms with Crippen molar-refractivity contribution in [1.82, 2.24) is 15.1 Å². The van der Waals surface area contributed by atoms with Crippen LogP contribution in [-0.2, 0) is 4.79 Å². The first kappa shape index (κ1) is 17.8. The molecule has 23 heavy (non-hydrogen) atoms. The van der Waals surface area contributed by atoms with E-state index in [1.165, 1.54) is 5.69 Å². The standard InChI is InChI=1S/C18H30N4O/c1-20(2)17-10-13-22(14-17)15-18(23)19-11-7-12-21(3)16-8-5-4-6-9-16/h4-6,8-9,17H,7,10-15H2,1-3H3,(H,19,23)/t17-/m0/s1. The first-order chi connectivity index (χ1) is 11.1. The van der Waals surface area contributed by atoms with Gasteiger partial charge >= 0.3 is 0 Å². The predicted octanol–water partition coefficient (Wildman–Crippen LogP) is 1.27. The molecule has 128 valence electrons. The predicted molar refractivity (Wildman–Crippen MR) is 95.9 cm³/mol. The molecule has 1 aliphatic rings. The van der Waals surface area contributed by atoms with Crippen LogP contribution in [0.15, 0.2) is 30.3 Å². The second kappa shape index (κ2) is 8.89. The van der Waals surface area contributed by atoms with Crippen LogP contribution in [0.4, 0.5) is 5.69 Å². The molecule has 0 unspecified atom stereocenters. The molecule has 1 aliphatic heterocycles. The van der Waals surface area contributed by atoms with Crippen molar-refractivity contribution in [3.8, 4) is 0 Å². The molecule has 1 saturated heterocycles. The Balaban J connectivity index is 1.58. The number of benzene rings is 1. The minimum absolute atomic E-state index is 0.145. The van der Waals surface area contributed by atoms with Gasteiger partial charge in [0.1, 0.15) is 0 Å². The Hall–Kier alpha value is -1.59. The van der Waals surface area contributed by atoms with Gasteiger partial charge in [-0.2, -0.15) is 0 Å². The van der Waals surface area contributed by atoms with E-state index in [4.69, 9.17) is 0 Å². The van der Waals surface area contributed by atoms with E-state index in [1.807, 2.05) is 18.2 Å². The van der Waals surface area contributed by atoms with Crippen molar-refractivity contribution < 1.29 is 4.79 Å². The molecule has 5 nitrogen and oxygen atoms in total. The SMILES string of the molecule is CN(CCCNC(=O)CN1CC[C@H](N(C)C)C1)c1ccccc1. The largest absolute Gasteiger partial charge is 0.375 e. The second-order valence-corrected chi connectivity index (χ2v) is 6.60. The molecule has 1 amide bonds. The lowest BCUT2D eigenvalue weighted by molar-refractivity contribution is -0.122. The molecule has 1 heterocycles. The van der Waals surface area contributed by atoms with Crippen molar-refractivity contribution in [2.24, 2.45) is 0 Å². The second-order valence-electron chi connectivity index (χ2n) is 6.60. The van der Waals surface area contributed by atoms with E-state index in [1.54, 1.807) is 0 Å². The number of carbonyl (C=O) groups excluding carboxylic acids is 1. The van der Waals surface area contributed by atoms with Crippen LogP contribution in [0.2, 0.25) is 0 Å². The highest BCUT2D eigenvalue weighted by molar-refractivity contribution is 5.78. The van der Waals surface area contributed by atoms with E-state index in [2.05, 4.69) is 53.3 Å². The third kappa shape index (κ3) is 5.84. The maximum atomic E-state index is 12.0. The Labute approximate surface area is 140 Å². The van der Waals surface area contributed by atoms with E-state index < -0.39 is 0 Å². The summed E-state index contributed by atoms with van der Waals surface area (Å²) in [6.07, 6.45) is 2.11. The maximum absolute atomic E-state index is 12.0. The molecule has 1 fully saturated rings. The zero-order valence-electron chi connectivity index (χ0n) is 14.7. The first-order valence-electron chi connectivity index (χ1n) is 8.48. The van der Waals surface area contributed by atoms with Gasteiger partial charge in [0.15, 0.2) is 0 Å². The molecule has 1 aromatic carbocycles. The average molecular weight is 318 g/mol. The van der Waals surface area contributed by atoms with Crippen LogP contribution in [-0.4, -0.2) is 75.6 Å². The minimum atomic E-state index is 0.145. The number of nitrogens with one attached hydrogen (secondary N) is 1. The Morgan fingerprint density at radius 2 is 2.00 bits per heavy atom. The topological polar surface area (TPSA) is 38.8 Å². The quantitative estimate of drug-likeness (QED) is 0.733. The zero-order chi connectivity index (χ0) is 16.7. The van der Waals surface area contributed by atoms with Crippen LogP contribution in [0.1, 0.15) is 12.8 Å². The van der Waals surface area contributed by atoms with Crippen LogP contribution < -0.4 is 10.2 Å². The number of hydrogen-bond donors (Lipinski definition) is 1. The lowest BCUT2D eigenvalue weighted by atomic mass is 10.2. The summed E-state index contributed by atoms with van der Waals surface area (Å²) < 4.78 is 0. The summed E-state index contributed by atoms with van der Waals surface area (Å²) in [5.74, 6) is 0.145. The average Bonchev–Trinajstić information content (AvgIpc) is 3.01. The molecule has 0 aromatic heterocycles. The highest BCUT2D eigenvalue weighted by atomic mass is 16.2. The van der Waals surface area contributed by atoms with Crippen LogP contribution in [0.25, 0.3) is 0 Å². The summed E-state index contributed by atoms with van der Waals surface area (Å²) in [6, 6.07) is 10.9. The van der Waals surface area contributed by atoms with Gasteiger partial charge in [-0.15, -0.1) is 0 Å². The fraction of sp³-hybridized carbons (Fsp3) is 0.611. The minimum Gasteiger partial charge on any atom is -0.375 e. The van der Waals surface area contributed by atoms with Gasteiger partial charge in [0.05, 0.1) is 6.54 Å². The highest BCUT2D eigenvalue weighted by Crippen LogP contribution is 2.12. The molecule has 0 aliphatic carbocycles.